The molecule has 1 saturated heterocycles. The standard InChI is InChI=1S/C17H21FN6O2/c18-14-4-3-13(22-16(25)6-12-2-1-5-19-8-12)7-15(14)23-17(26)9-24-11-20-10-21-24/h3-4,7,10-12,19H,1-2,5-6,8-9H2,(H,22,25)(H,23,26). The summed E-state index contributed by atoms with van der Waals surface area (Å²) in [6.07, 6.45) is 5.21. The van der Waals surface area contributed by atoms with Gasteiger partial charge in [0.25, 0.3) is 0 Å². The average molecular weight is 360 g/mol. The second-order valence-corrected chi connectivity index (χ2v) is 6.30. The molecular weight excluding hydrogens is 339 g/mol. The van der Waals surface area contributed by atoms with Crippen LogP contribution in [0.2, 0.25) is 0 Å². The van der Waals surface area contributed by atoms with Crippen molar-refractivity contribution < 1.29 is 14.0 Å². The number of halogens is 1. The Labute approximate surface area is 150 Å². The van der Waals surface area contributed by atoms with Gasteiger partial charge in [-0.25, -0.2) is 14.1 Å². The number of hydrogen-bond donors (Lipinski definition) is 3. The van der Waals surface area contributed by atoms with Crippen LogP contribution >= 0.6 is 0 Å². The molecule has 1 unspecified atom stereocenters. The monoisotopic (exact) mass is 360 g/mol. The lowest BCUT2D eigenvalue weighted by Crippen LogP contribution is -2.32. The highest BCUT2D eigenvalue weighted by molar-refractivity contribution is 5.94. The molecule has 138 valence electrons. The van der Waals surface area contributed by atoms with E-state index in [2.05, 4.69) is 26.0 Å². The number of aromatic nitrogens is 3. The fraction of sp³-hybridized carbons (Fsp3) is 0.412. The van der Waals surface area contributed by atoms with Gasteiger partial charge in [-0.1, -0.05) is 0 Å². The molecule has 8 nitrogen and oxygen atoms in total. The van der Waals surface area contributed by atoms with Crippen molar-refractivity contribution in [3.8, 4) is 0 Å². The summed E-state index contributed by atoms with van der Waals surface area (Å²) in [6.45, 7) is 1.75. The zero-order valence-corrected chi connectivity index (χ0v) is 14.2. The lowest BCUT2D eigenvalue weighted by Gasteiger charge is -2.22. The molecule has 1 fully saturated rings. The quantitative estimate of drug-likeness (QED) is 0.723. The zero-order valence-electron chi connectivity index (χ0n) is 14.2. The number of benzene rings is 1. The number of piperidine rings is 1. The summed E-state index contributed by atoms with van der Waals surface area (Å²) in [5, 5.41) is 12.3. The molecule has 0 saturated carbocycles. The second kappa shape index (κ2) is 8.52. The van der Waals surface area contributed by atoms with Crippen LogP contribution < -0.4 is 16.0 Å². The van der Waals surface area contributed by atoms with Crippen molar-refractivity contribution in [2.24, 2.45) is 5.92 Å². The number of carbonyl (C=O) groups is 2. The van der Waals surface area contributed by atoms with E-state index in [0.29, 0.717) is 18.0 Å². The molecular formula is C17H21FN6O2. The molecule has 1 aromatic heterocycles. The van der Waals surface area contributed by atoms with E-state index in [4.69, 9.17) is 0 Å². The highest BCUT2D eigenvalue weighted by Gasteiger charge is 2.17. The van der Waals surface area contributed by atoms with Gasteiger partial charge in [-0.05, 0) is 50.0 Å². The van der Waals surface area contributed by atoms with Crippen molar-refractivity contribution in [3.63, 3.8) is 0 Å². The van der Waals surface area contributed by atoms with Crippen molar-refractivity contribution in [2.75, 3.05) is 23.7 Å². The van der Waals surface area contributed by atoms with Crippen LogP contribution in [0.1, 0.15) is 19.3 Å². The van der Waals surface area contributed by atoms with Crippen LogP contribution in [0.3, 0.4) is 0 Å². The molecule has 2 amide bonds. The minimum Gasteiger partial charge on any atom is -0.326 e. The van der Waals surface area contributed by atoms with Crippen LogP contribution in [-0.4, -0.2) is 39.7 Å². The first-order chi connectivity index (χ1) is 12.6. The van der Waals surface area contributed by atoms with E-state index in [1.54, 1.807) is 0 Å². The largest absolute Gasteiger partial charge is 0.326 e. The first-order valence-electron chi connectivity index (χ1n) is 8.52. The highest BCUT2D eigenvalue weighted by atomic mass is 19.1. The van der Waals surface area contributed by atoms with Gasteiger partial charge in [0.15, 0.2) is 0 Å². The minimum absolute atomic E-state index is 0.00671. The lowest BCUT2D eigenvalue weighted by atomic mass is 9.96. The van der Waals surface area contributed by atoms with E-state index in [0.717, 1.165) is 25.9 Å². The van der Waals surface area contributed by atoms with E-state index in [-0.39, 0.29) is 18.1 Å². The van der Waals surface area contributed by atoms with Crippen LogP contribution in [0.4, 0.5) is 15.8 Å². The fourth-order valence-corrected chi connectivity index (χ4v) is 2.92. The summed E-state index contributed by atoms with van der Waals surface area (Å²) in [5.41, 5.74) is 0.448. The van der Waals surface area contributed by atoms with Gasteiger partial charge in [-0.2, -0.15) is 5.10 Å². The molecule has 2 heterocycles. The van der Waals surface area contributed by atoms with E-state index in [9.17, 15) is 14.0 Å². The molecule has 26 heavy (non-hydrogen) atoms. The Hall–Kier alpha value is -2.81. The fourth-order valence-electron chi connectivity index (χ4n) is 2.92. The van der Waals surface area contributed by atoms with Gasteiger partial charge in [-0.3, -0.25) is 9.59 Å². The van der Waals surface area contributed by atoms with Gasteiger partial charge in [0.2, 0.25) is 11.8 Å². The minimum atomic E-state index is -0.577. The van der Waals surface area contributed by atoms with E-state index in [1.807, 2.05) is 0 Å². The molecule has 3 N–H and O–H groups in total. The number of anilines is 2. The van der Waals surface area contributed by atoms with Crippen molar-refractivity contribution in [1.82, 2.24) is 20.1 Å². The number of hydrogen-bond acceptors (Lipinski definition) is 5. The lowest BCUT2D eigenvalue weighted by molar-refractivity contribution is -0.117. The van der Waals surface area contributed by atoms with E-state index in [1.165, 1.54) is 35.5 Å². The zero-order chi connectivity index (χ0) is 18.4. The summed E-state index contributed by atoms with van der Waals surface area (Å²) < 4.78 is 15.3. The van der Waals surface area contributed by atoms with Gasteiger partial charge >= 0.3 is 0 Å². The molecule has 0 bridgehead atoms. The molecule has 0 aliphatic carbocycles. The Morgan fingerprint density at radius 1 is 1.31 bits per heavy atom. The normalized spacial score (nSPS) is 16.9. The topological polar surface area (TPSA) is 101 Å². The van der Waals surface area contributed by atoms with Gasteiger partial charge in [0, 0.05) is 12.1 Å². The predicted molar refractivity (Wildman–Crippen MR) is 93.9 cm³/mol. The van der Waals surface area contributed by atoms with Gasteiger partial charge in [-0.15, -0.1) is 0 Å². The maximum Gasteiger partial charge on any atom is 0.246 e. The Bertz CT molecular complexity index is 759. The third-order valence-electron chi connectivity index (χ3n) is 4.17. The average Bonchev–Trinajstić information content (AvgIpc) is 3.11. The molecule has 9 heteroatoms. The van der Waals surface area contributed by atoms with Crippen molar-refractivity contribution in [3.05, 3.63) is 36.7 Å². The number of nitrogens with zero attached hydrogens (tertiary/aromatic N) is 3. The Morgan fingerprint density at radius 3 is 2.92 bits per heavy atom. The van der Waals surface area contributed by atoms with Gasteiger partial charge in [0.1, 0.15) is 25.0 Å². The Balaban J connectivity index is 1.57. The Kier molecular flexibility index (Phi) is 5.90. The summed E-state index contributed by atoms with van der Waals surface area (Å²) in [4.78, 5) is 27.9. The first-order valence-corrected chi connectivity index (χ1v) is 8.52. The van der Waals surface area contributed by atoms with Crippen LogP contribution in [-0.2, 0) is 16.1 Å². The Morgan fingerprint density at radius 2 is 2.19 bits per heavy atom. The van der Waals surface area contributed by atoms with Gasteiger partial charge in [0.05, 0.1) is 5.69 Å². The van der Waals surface area contributed by atoms with E-state index < -0.39 is 11.7 Å². The van der Waals surface area contributed by atoms with Crippen LogP contribution in [0.15, 0.2) is 30.9 Å². The number of amides is 2. The van der Waals surface area contributed by atoms with Crippen LogP contribution in [0, 0.1) is 11.7 Å². The third kappa shape index (κ3) is 5.09. The smallest absolute Gasteiger partial charge is 0.246 e. The number of nitrogens with one attached hydrogen (secondary N) is 3. The third-order valence-corrected chi connectivity index (χ3v) is 4.17. The van der Waals surface area contributed by atoms with Crippen LogP contribution in [0.25, 0.3) is 0 Å². The number of rotatable bonds is 6. The molecule has 3 rings (SSSR count). The summed E-state index contributed by atoms with van der Waals surface area (Å²) in [7, 11) is 0. The molecule has 0 spiro atoms. The highest BCUT2D eigenvalue weighted by Crippen LogP contribution is 2.21. The van der Waals surface area contributed by atoms with Crippen molar-refractivity contribution >= 4 is 23.2 Å². The van der Waals surface area contributed by atoms with Crippen molar-refractivity contribution in [2.45, 2.75) is 25.8 Å². The van der Waals surface area contributed by atoms with Gasteiger partial charge < -0.3 is 16.0 Å². The molecule has 2 aromatic rings. The summed E-state index contributed by atoms with van der Waals surface area (Å²) in [6, 6.07) is 4.09. The first kappa shape index (κ1) is 18.0. The predicted octanol–water partition coefficient (Wildman–Crippen LogP) is 1.38. The SMILES string of the molecule is O=C(CC1CCCNC1)Nc1ccc(F)c(NC(=O)Cn2cncn2)c1. The molecule has 1 aromatic carbocycles. The van der Waals surface area contributed by atoms with E-state index >= 15 is 0 Å². The molecule has 1 aliphatic heterocycles. The summed E-state index contributed by atoms with van der Waals surface area (Å²) >= 11 is 0. The maximum absolute atomic E-state index is 13.9. The molecule has 1 aliphatic rings. The maximum atomic E-state index is 13.9. The number of carbonyl (C=O) groups excluding carboxylic acids is 2. The second-order valence-electron chi connectivity index (χ2n) is 6.30. The van der Waals surface area contributed by atoms with Crippen molar-refractivity contribution in [1.29, 1.82) is 0 Å². The van der Waals surface area contributed by atoms with Crippen LogP contribution in [0.5, 0.6) is 0 Å². The molecule has 0 radical (unpaired) electrons. The summed E-state index contributed by atoms with van der Waals surface area (Å²) in [5.74, 6) is -0.825. The molecule has 1 atom stereocenters.